The van der Waals surface area contributed by atoms with E-state index >= 15 is 0 Å². The van der Waals surface area contributed by atoms with Crippen molar-refractivity contribution in [2.75, 3.05) is 11.9 Å². The fourth-order valence-corrected chi connectivity index (χ4v) is 1.97. The molecule has 1 aromatic rings. The quantitative estimate of drug-likeness (QED) is 0.633. The predicted octanol–water partition coefficient (Wildman–Crippen LogP) is 1.94. The van der Waals surface area contributed by atoms with Gasteiger partial charge in [0.05, 0.1) is 0 Å². The van der Waals surface area contributed by atoms with Gasteiger partial charge in [0, 0.05) is 17.7 Å². The van der Waals surface area contributed by atoms with Crippen LogP contribution in [-0.2, 0) is 4.79 Å². The van der Waals surface area contributed by atoms with Crippen molar-refractivity contribution in [2.24, 2.45) is 11.5 Å². The molecule has 0 aliphatic rings. The number of carbonyl (C=O) groups excluding carboxylic acids is 2. The smallest absolute Gasteiger partial charge is 0.249 e. The van der Waals surface area contributed by atoms with Crippen molar-refractivity contribution in [2.45, 2.75) is 39.0 Å². The first-order chi connectivity index (χ1) is 9.54. The first kappa shape index (κ1) is 16.2. The summed E-state index contributed by atoms with van der Waals surface area (Å²) in [6.07, 6.45) is 4.39. The van der Waals surface area contributed by atoms with Gasteiger partial charge in [-0.2, -0.15) is 0 Å². The topological polar surface area (TPSA) is 98.2 Å². The van der Waals surface area contributed by atoms with Gasteiger partial charge in [-0.15, -0.1) is 0 Å². The lowest BCUT2D eigenvalue weighted by molar-refractivity contribution is -0.116. The van der Waals surface area contributed by atoms with Gasteiger partial charge in [-0.1, -0.05) is 18.9 Å². The van der Waals surface area contributed by atoms with E-state index in [-0.39, 0.29) is 5.91 Å². The minimum atomic E-state index is -0.486. The van der Waals surface area contributed by atoms with E-state index in [9.17, 15) is 9.59 Å². The van der Waals surface area contributed by atoms with Crippen molar-refractivity contribution in [3.05, 3.63) is 29.3 Å². The first-order valence-corrected chi connectivity index (χ1v) is 6.95. The van der Waals surface area contributed by atoms with Crippen LogP contribution in [0.4, 0.5) is 5.69 Å². The molecule has 5 N–H and O–H groups in total. The number of primary amides is 1. The summed E-state index contributed by atoms with van der Waals surface area (Å²) in [6.45, 7) is 2.51. The maximum absolute atomic E-state index is 11.8. The van der Waals surface area contributed by atoms with E-state index < -0.39 is 5.91 Å². The molecule has 5 heteroatoms. The molecule has 0 aliphatic carbocycles. The molecule has 0 heterocycles. The molecule has 0 bridgehead atoms. The predicted molar refractivity (Wildman–Crippen MR) is 80.5 cm³/mol. The highest BCUT2D eigenvalue weighted by molar-refractivity contribution is 5.97. The Labute approximate surface area is 119 Å². The van der Waals surface area contributed by atoms with Gasteiger partial charge >= 0.3 is 0 Å². The Hall–Kier alpha value is -1.88. The highest BCUT2D eigenvalue weighted by atomic mass is 16.2. The average Bonchev–Trinajstić information content (AvgIpc) is 2.40. The minimum absolute atomic E-state index is 0.0444. The number of nitrogens with two attached hydrogens (primary N) is 2. The van der Waals surface area contributed by atoms with E-state index in [2.05, 4.69) is 5.32 Å². The summed E-state index contributed by atoms with van der Waals surface area (Å²) in [6, 6.07) is 5.16. The summed E-state index contributed by atoms with van der Waals surface area (Å²) in [4.78, 5) is 23.0. The maximum Gasteiger partial charge on any atom is 0.249 e. The van der Waals surface area contributed by atoms with Crippen LogP contribution in [0.25, 0.3) is 0 Å². The number of rotatable bonds is 8. The Balaban J connectivity index is 2.46. The van der Waals surface area contributed by atoms with Gasteiger partial charge in [0.1, 0.15) is 0 Å². The summed E-state index contributed by atoms with van der Waals surface area (Å²) < 4.78 is 0. The molecule has 0 spiro atoms. The molecular weight excluding hydrogens is 254 g/mol. The second-order valence-electron chi connectivity index (χ2n) is 4.90. The standard InChI is InChI=1S/C15H23N3O2/c1-11-7-8-12(10-13(11)15(17)20)18-14(19)6-4-2-3-5-9-16/h7-8,10H,2-6,9,16H2,1H3,(H2,17,20)(H,18,19). The van der Waals surface area contributed by atoms with E-state index in [1.807, 2.05) is 6.92 Å². The van der Waals surface area contributed by atoms with Crippen LogP contribution in [0.5, 0.6) is 0 Å². The average molecular weight is 277 g/mol. The van der Waals surface area contributed by atoms with E-state index in [4.69, 9.17) is 11.5 Å². The van der Waals surface area contributed by atoms with Crippen LogP contribution in [0.15, 0.2) is 18.2 Å². The molecule has 5 nitrogen and oxygen atoms in total. The lowest BCUT2D eigenvalue weighted by atomic mass is 10.1. The zero-order valence-electron chi connectivity index (χ0n) is 11.9. The fraction of sp³-hybridized carbons (Fsp3) is 0.467. The van der Waals surface area contributed by atoms with E-state index in [0.29, 0.717) is 24.2 Å². The third-order valence-corrected chi connectivity index (χ3v) is 3.14. The van der Waals surface area contributed by atoms with Gasteiger partial charge in [0.25, 0.3) is 0 Å². The Kier molecular flexibility index (Phi) is 6.73. The molecule has 0 aliphatic heterocycles. The molecule has 20 heavy (non-hydrogen) atoms. The number of hydrogen-bond acceptors (Lipinski definition) is 3. The highest BCUT2D eigenvalue weighted by Gasteiger charge is 2.08. The SMILES string of the molecule is Cc1ccc(NC(=O)CCCCCCN)cc1C(N)=O. The molecule has 0 unspecified atom stereocenters. The van der Waals surface area contributed by atoms with Gasteiger partial charge in [0.2, 0.25) is 11.8 Å². The lowest BCUT2D eigenvalue weighted by Crippen LogP contribution is -2.15. The number of anilines is 1. The normalized spacial score (nSPS) is 10.3. The molecule has 2 amide bonds. The van der Waals surface area contributed by atoms with Crippen LogP contribution in [0, 0.1) is 6.92 Å². The summed E-state index contributed by atoms with van der Waals surface area (Å²) in [5.74, 6) is -0.530. The molecular formula is C15H23N3O2. The van der Waals surface area contributed by atoms with Gasteiger partial charge in [-0.25, -0.2) is 0 Å². The van der Waals surface area contributed by atoms with Crippen molar-refractivity contribution in [3.63, 3.8) is 0 Å². The van der Waals surface area contributed by atoms with Crippen molar-refractivity contribution in [1.29, 1.82) is 0 Å². The summed E-state index contributed by atoms with van der Waals surface area (Å²) >= 11 is 0. The van der Waals surface area contributed by atoms with Crippen molar-refractivity contribution in [1.82, 2.24) is 0 Å². The molecule has 1 rings (SSSR count). The zero-order chi connectivity index (χ0) is 15.0. The van der Waals surface area contributed by atoms with Crippen molar-refractivity contribution < 1.29 is 9.59 Å². The van der Waals surface area contributed by atoms with Crippen LogP contribution < -0.4 is 16.8 Å². The van der Waals surface area contributed by atoms with Crippen LogP contribution in [0.3, 0.4) is 0 Å². The number of nitrogens with one attached hydrogen (secondary N) is 1. The molecule has 0 aromatic heterocycles. The van der Waals surface area contributed by atoms with Crippen LogP contribution >= 0.6 is 0 Å². The van der Waals surface area contributed by atoms with Gasteiger partial charge in [0.15, 0.2) is 0 Å². The van der Waals surface area contributed by atoms with E-state index in [1.165, 1.54) is 0 Å². The Bertz CT molecular complexity index is 472. The number of carbonyl (C=O) groups is 2. The Morgan fingerprint density at radius 2 is 1.85 bits per heavy atom. The molecule has 0 saturated heterocycles. The number of aryl methyl sites for hydroxylation is 1. The summed E-state index contributed by atoms with van der Waals surface area (Å²) in [7, 11) is 0. The summed E-state index contributed by atoms with van der Waals surface area (Å²) in [5.41, 5.74) is 12.5. The van der Waals surface area contributed by atoms with Crippen molar-refractivity contribution in [3.8, 4) is 0 Å². The van der Waals surface area contributed by atoms with Gasteiger partial charge in [-0.05, 0) is 44.0 Å². The lowest BCUT2D eigenvalue weighted by Gasteiger charge is -2.08. The molecule has 110 valence electrons. The van der Waals surface area contributed by atoms with Crippen LogP contribution in [0.2, 0.25) is 0 Å². The maximum atomic E-state index is 11.8. The van der Waals surface area contributed by atoms with Crippen molar-refractivity contribution >= 4 is 17.5 Å². The second-order valence-corrected chi connectivity index (χ2v) is 4.90. The molecule has 0 radical (unpaired) electrons. The zero-order valence-corrected chi connectivity index (χ0v) is 11.9. The van der Waals surface area contributed by atoms with Crippen LogP contribution in [0.1, 0.15) is 48.0 Å². The summed E-state index contributed by atoms with van der Waals surface area (Å²) in [5, 5.41) is 2.78. The van der Waals surface area contributed by atoms with E-state index in [1.54, 1.807) is 18.2 Å². The molecule has 0 atom stereocenters. The second kappa shape index (κ2) is 8.32. The largest absolute Gasteiger partial charge is 0.366 e. The number of amides is 2. The van der Waals surface area contributed by atoms with E-state index in [0.717, 1.165) is 31.2 Å². The molecule has 1 aromatic carbocycles. The Morgan fingerprint density at radius 1 is 1.15 bits per heavy atom. The minimum Gasteiger partial charge on any atom is -0.366 e. The molecule has 0 saturated carbocycles. The molecule has 0 fully saturated rings. The van der Waals surface area contributed by atoms with Gasteiger partial charge in [-0.3, -0.25) is 9.59 Å². The number of hydrogen-bond donors (Lipinski definition) is 3. The first-order valence-electron chi connectivity index (χ1n) is 6.95. The highest BCUT2D eigenvalue weighted by Crippen LogP contribution is 2.15. The number of benzene rings is 1. The third kappa shape index (κ3) is 5.40. The van der Waals surface area contributed by atoms with Crippen LogP contribution in [-0.4, -0.2) is 18.4 Å². The third-order valence-electron chi connectivity index (χ3n) is 3.14. The van der Waals surface area contributed by atoms with Gasteiger partial charge < -0.3 is 16.8 Å². The number of unbranched alkanes of at least 4 members (excludes halogenated alkanes) is 3. The Morgan fingerprint density at radius 3 is 2.50 bits per heavy atom. The fourth-order valence-electron chi connectivity index (χ4n) is 1.97. The monoisotopic (exact) mass is 277 g/mol.